The summed E-state index contributed by atoms with van der Waals surface area (Å²) in [6.07, 6.45) is -1.22. The molecular weight excluding hydrogens is 315 g/mol. The molecule has 8 heteroatoms. The van der Waals surface area contributed by atoms with E-state index in [9.17, 15) is 18.0 Å². The fourth-order valence-electron chi connectivity index (χ4n) is 1.58. The molecule has 22 heavy (non-hydrogen) atoms. The summed E-state index contributed by atoms with van der Waals surface area (Å²) >= 11 is 1.25. The highest BCUT2D eigenvalue weighted by Gasteiger charge is 2.30. The fourth-order valence-corrected chi connectivity index (χ4v) is 2.27. The van der Waals surface area contributed by atoms with E-state index in [1.807, 2.05) is 6.92 Å². The third-order valence-electron chi connectivity index (χ3n) is 2.64. The van der Waals surface area contributed by atoms with Crippen molar-refractivity contribution in [2.24, 2.45) is 0 Å². The Morgan fingerprint density at radius 2 is 2.14 bits per heavy atom. The van der Waals surface area contributed by atoms with Crippen LogP contribution in [0.4, 0.5) is 18.3 Å². The molecule has 1 aromatic carbocycles. The number of rotatable bonds is 4. The maximum atomic E-state index is 12.6. The number of carbonyl (C=O) groups is 1. The number of carbonyl (C=O) groups excluding carboxylic acids is 1. The van der Waals surface area contributed by atoms with Gasteiger partial charge in [-0.05, 0) is 30.2 Å². The normalized spacial score (nSPS) is 11.8. The smallest absolute Gasteiger partial charge is 0.297 e. The van der Waals surface area contributed by atoms with Crippen LogP contribution in [0.3, 0.4) is 0 Å². The third kappa shape index (κ3) is 4.39. The number of amides is 1. The van der Waals surface area contributed by atoms with Crippen LogP contribution in [0.2, 0.25) is 0 Å². The summed E-state index contributed by atoms with van der Waals surface area (Å²) in [5.74, 6) is -0.476. The van der Waals surface area contributed by atoms with Crippen LogP contribution in [0.25, 0.3) is 6.08 Å². The Labute approximate surface area is 128 Å². The lowest BCUT2D eigenvalue weighted by atomic mass is 10.1. The molecule has 116 valence electrons. The lowest BCUT2D eigenvalue weighted by Crippen LogP contribution is -2.07. The van der Waals surface area contributed by atoms with E-state index >= 15 is 0 Å². The van der Waals surface area contributed by atoms with Crippen LogP contribution in [0, 0.1) is 0 Å². The summed E-state index contributed by atoms with van der Waals surface area (Å²) in [5.41, 5.74) is -0.469. The van der Waals surface area contributed by atoms with Gasteiger partial charge in [-0.2, -0.15) is 13.2 Å². The molecule has 1 N–H and O–H groups in total. The zero-order valence-electron chi connectivity index (χ0n) is 11.5. The molecule has 1 aromatic heterocycles. The Bertz CT molecular complexity index is 695. The predicted molar refractivity (Wildman–Crippen MR) is 78.4 cm³/mol. The van der Waals surface area contributed by atoms with E-state index in [2.05, 4.69) is 15.5 Å². The van der Waals surface area contributed by atoms with Crippen molar-refractivity contribution >= 4 is 28.5 Å². The van der Waals surface area contributed by atoms with Crippen molar-refractivity contribution in [3.8, 4) is 0 Å². The molecule has 0 fully saturated rings. The summed E-state index contributed by atoms with van der Waals surface area (Å²) in [4.78, 5) is 11.7. The Balaban J connectivity index is 2.03. The number of hydrogen-bond acceptors (Lipinski definition) is 4. The third-order valence-corrected chi connectivity index (χ3v) is 3.62. The second-order valence-electron chi connectivity index (χ2n) is 4.30. The van der Waals surface area contributed by atoms with E-state index in [0.717, 1.165) is 23.2 Å². The Hall–Kier alpha value is -2.22. The molecular formula is C14H12F3N3OS. The van der Waals surface area contributed by atoms with Gasteiger partial charge in [0, 0.05) is 6.08 Å². The predicted octanol–water partition coefficient (Wildman–Crippen LogP) is 3.77. The molecule has 0 atom stereocenters. The SMILES string of the molecule is CCc1nnc(NC(=O)C=Cc2cccc(C(F)(F)F)c2)s1. The molecule has 0 spiro atoms. The van der Waals surface area contributed by atoms with Gasteiger partial charge in [-0.1, -0.05) is 30.4 Å². The molecule has 0 saturated carbocycles. The first-order valence-corrected chi connectivity index (χ1v) is 7.19. The van der Waals surface area contributed by atoms with E-state index in [1.165, 1.54) is 29.5 Å². The van der Waals surface area contributed by atoms with E-state index < -0.39 is 17.6 Å². The van der Waals surface area contributed by atoms with Gasteiger partial charge in [0.25, 0.3) is 0 Å². The van der Waals surface area contributed by atoms with Gasteiger partial charge in [0.1, 0.15) is 5.01 Å². The standard InChI is InChI=1S/C14H12F3N3OS/c1-2-12-19-20-13(22-12)18-11(21)7-6-9-4-3-5-10(8-9)14(15,16)17/h3-8H,2H2,1H3,(H,18,20,21). The highest BCUT2D eigenvalue weighted by Crippen LogP contribution is 2.29. The molecule has 1 heterocycles. The Morgan fingerprint density at radius 1 is 1.36 bits per heavy atom. The van der Waals surface area contributed by atoms with Gasteiger partial charge in [0.15, 0.2) is 0 Å². The maximum absolute atomic E-state index is 12.6. The average molecular weight is 327 g/mol. The lowest BCUT2D eigenvalue weighted by Gasteiger charge is -2.06. The first kappa shape index (κ1) is 16.2. The molecule has 0 aliphatic heterocycles. The molecule has 4 nitrogen and oxygen atoms in total. The zero-order valence-corrected chi connectivity index (χ0v) is 12.3. The number of hydrogen-bond donors (Lipinski definition) is 1. The monoisotopic (exact) mass is 327 g/mol. The number of anilines is 1. The Kier molecular flexibility index (Phi) is 4.92. The van der Waals surface area contributed by atoms with Crippen molar-refractivity contribution in [1.29, 1.82) is 0 Å². The molecule has 2 aromatic rings. The van der Waals surface area contributed by atoms with Gasteiger partial charge < -0.3 is 0 Å². The topological polar surface area (TPSA) is 54.9 Å². The van der Waals surface area contributed by atoms with Crippen LogP contribution >= 0.6 is 11.3 Å². The van der Waals surface area contributed by atoms with Crippen LogP contribution in [-0.2, 0) is 17.4 Å². The quantitative estimate of drug-likeness (QED) is 0.870. The summed E-state index contributed by atoms with van der Waals surface area (Å²) < 4.78 is 37.7. The van der Waals surface area contributed by atoms with Gasteiger partial charge in [-0.15, -0.1) is 10.2 Å². The molecule has 0 radical (unpaired) electrons. The second kappa shape index (κ2) is 6.69. The zero-order chi connectivity index (χ0) is 16.2. The highest BCUT2D eigenvalue weighted by molar-refractivity contribution is 7.15. The van der Waals surface area contributed by atoms with Gasteiger partial charge in [0.05, 0.1) is 5.56 Å². The van der Waals surface area contributed by atoms with Crippen LogP contribution in [0.15, 0.2) is 30.3 Å². The summed E-state index contributed by atoms with van der Waals surface area (Å²) in [5, 5.41) is 11.3. The van der Waals surface area contributed by atoms with E-state index in [4.69, 9.17) is 0 Å². The van der Waals surface area contributed by atoms with Crippen molar-refractivity contribution in [3.63, 3.8) is 0 Å². The molecule has 0 saturated heterocycles. The van der Waals surface area contributed by atoms with Crippen molar-refractivity contribution < 1.29 is 18.0 Å². The molecule has 1 amide bonds. The molecule has 2 rings (SSSR count). The molecule has 0 aliphatic rings. The van der Waals surface area contributed by atoms with Crippen molar-refractivity contribution in [2.45, 2.75) is 19.5 Å². The van der Waals surface area contributed by atoms with Crippen LogP contribution in [0.1, 0.15) is 23.1 Å². The molecule has 0 bridgehead atoms. The van der Waals surface area contributed by atoms with E-state index in [1.54, 1.807) is 0 Å². The highest BCUT2D eigenvalue weighted by atomic mass is 32.1. The lowest BCUT2D eigenvalue weighted by molar-refractivity contribution is -0.137. The van der Waals surface area contributed by atoms with Crippen LogP contribution in [-0.4, -0.2) is 16.1 Å². The number of alkyl halides is 3. The van der Waals surface area contributed by atoms with Gasteiger partial charge in [-0.3, -0.25) is 10.1 Å². The van der Waals surface area contributed by atoms with Crippen molar-refractivity contribution in [2.75, 3.05) is 5.32 Å². The molecule has 0 aliphatic carbocycles. The minimum absolute atomic E-state index is 0.288. The van der Waals surface area contributed by atoms with Gasteiger partial charge in [-0.25, -0.2) is 0 Å². The number of aryl methyl sites for hydroxylation is 1. The summed E-state index contributed by atoms with van der Waals surface area (Å²) in [6, 6.07) is 4.73. The summed E-state index contributed by atoms with van der Waals surface area (Å²) in [7, 11) is 0. The minimum atomic E-state index is -4.41. The summed E-state index contributed by atoms with van der Waals surface area (Å²) in [6.45, 7) is 1.92. The second-order valence-corrected chi connectivity index (χ2v) is 5.36. The first-order valence-electron chi connectivity index (χ1n) is 6.37. The first-order chi connectivity index (χ1) is 10.4. The number of halogens is 3. The Morgan fingerprint density at radius 3 is 2.77 bits per heavy atom. The average Bonchev–Trinajstić information content (AvgIpc) is 2.92. The van der Waals surface area contributed by atoms with Crippen molar-refractivity contribution in [3.05, 3.63) is 46.5 Å². The number of nitrogens with one attached hydrogen (secondary N) is 1. The minimum Gasteiger partial charge on any atom is -0.297 e. The van der Waals surface area contributed by atoms with E-state index in [-0.39, 0.29) is 5.56 Å². The largest absolute Gasteiger partial charge is 0.416 e. The fraction of sp³-hybridized carbons (Fsp3) is 0.214. The van der Waals surface area contributed by atoms with Crippen LogP contribution in [0.5, 0.6) is 0 Å². The van der Waals surface area contributed by atoms with Crippen molar-refractivity contribution in [1.82, 2.24) is 10.2 Å². The number of aromatic nitrogens is 2. The maximum Gasteiger partial charge on any atom is 0.416 e. The number of nitrogens with zero attached hydrogens (tertiary/aromatic N) is 2. The van der Waals surface area contributed by atoms with Gasteiger partial charge in [0.2, 0.25) is 11.0 Å². The molecule has 0 unspecified atom stereocenters. The van der Waals surface area contributed by atoms with Crippen LogP contribution < -0.4 is 5.32 Å². The van der Waals surface area contributed by atoms with E-state index in [0.29, 0.717) is 11.6 Å². The van der Waals surface area contributed by atoms with Gasteiger partial charge >= 0.3 is 6.18 Å². The number of benzene rings is 1.